The molecule has 1 atom stereocenters. The molecular formula is C8H14N2O4. The minimum atomic E-state index is -0.830. The van der Waals surface area contributed by atoms with Crippen LogP contribution in [0.1, 0.15) is 20.3 Å². The molecule has 6 nitrogen and oxygen atoms in total. The van der Waals surface area contributed by atoms with Gasteiger partial charge in [-0.3, -0.25) is 10.1 Å². The molecular weight excluding hydrogens is 188 g/mol. The van der Waals surface area contributed by atoms with Crippen LogP contribution in [0.25, 0.3) is 0 Å². The van der Waals surface area contributed by atoms with E-state index in [9.17, 15) is 10.1 Å². The number of rotatable bonds is 5. The Morgan fingerprint density at radius 2 is 2.29 bits per heavy atom. The molecule has 0 amide bonds. The number of aliphatic hydroxyl groups excluding tert-OH is 1. The Hall–Kier alpha value is -1.43. The van der Waals surface area contributed by atoms with Crippen LogP contribution in [0.4, 0.5) is 0 Å². The summed E-state index contributed by atoms with van der Waals surface area (Å²) in [6, 6.07) is -0.830. The van der Waals surface area contributed by atoms with Gasteiger partial charge in [0.15, 0.2) is 0 Å². The van der Waals surface area contributed by atoms with Crippen LogP contribution in [0, 0.1) is 10.1 Å². The van der Waals surface area contributed by atoms with E-state index in [4.69, 9.17) is 10.3 Å². The highest BCUT2D eigenvalue weighted by Crippen LogP contribution is 2.10. The van der Waals surface area contributed by atoms with E-state index >= 15 is 0 Å². The van der Waals surface area contributed by atoms with Gasteiger partial charge >= 0.3 is 0 Å². The molecule has 2 N–H and O–H groups in total. The zero-order valence-corrected chi connectivity index (χ0v) is 8.17. The first-order valence-corrected chi connectivity index (χ1v) is 4.22. The van der Waals surface area contributed by atoms with Crippen molar-refractivity contribution in [1.82, 2.24) is 0 Å². The summed E-state index contributed by atoms with van der Waals surface area (Å²) >= 11 is 0. The summed E-state index contributed by atoms with van der Waals surface area (Å²) in [4.78, 5) is 10.0. The van der Waals surface area contributed by atoms with Crippen LogP contribution < -0.4 is 0 Å². The third kappa shape index (κ3) is 3.53. The fraction of sp³-hybridized carbons (Fsp3) is 0.625. The van der Waals surface area contributed by atoms with E-state index < -0.39 is 17.6 Å². The standard InChI is InChI=1S/C8H14N2O4/c1-3-7(6(2)10(13)14)4-8(5-11)9-12/h4,6,11-12H,3,5H2,1-2H3. The summed E-state index contributed by atoms with van der Waals surface area (Å²) in [5, 5.41) is 30.4. The van der Waals surface area contributed by atoms with Crippen molar-refractivity contribution in [3.8, 4) is 0 Å². The first-order valence-electron chi connectivity index (χ1n) is 4.22. The minimum Gasteiger partial charge on any atom is -0.411 e. The molecule has 0 aliphatic carbocycles. The highest BCUT2D eigenvalue weighted by molar-refractivity contribution is 5.96. The molecule has 0 aliphatic rings. The van der Waals surface area contributed by atoms with E-state index in [1.807, 2.05) is 0 Å². The first-order chi connectivity index (χ1) is 6.56. The monoisotopic (exact) mass is 202 g/mol. The van der Waals surface area contributed by atoms with Gasteiger partial charge in [-0.25, -0.2) is 0 Å². The zero-order chi connectivity index (χ0) is 11.1. The third-order valence-electron chi connectivity index (χ3n) is 1.90. The summed E-state index contributed by atoms with van der Waals surface area (Å²) in [5.41, 5.74) is 0.535. The van der Waals surface area contributed by atoms with Crippen molar-refractivity contribution in [2.24, 2.45) is 5.16 Å². The molecule has 6 heteroatoms. The van der Waals surface area contributed by atoms with Crippen LogP contribution in [0.2, 0.25) is 0 Å². The molecule has 0 aliphatic heterocycles. The van der Waals surface area contributed by atoms with Gasteiger partial charge in [0.05, 0.1) is 6.61 Å². The van der Waals surface area contributed by atoms with E-state index in [1.54, 1.807) is 6.92 Å². The molecule has 0 spiro atoms. The number of nitrogens with zero attached hydrogens (tertiary/aromatic N) is 2. The summed E-state index contributed by atoms with van der Waals surface area (Å²) in [7, 11) is 0. The largest absolute Gasteiger partial charge is 0.411 e. The van der Waals surface area contributed by atoms with Crippen LogP contribution in [0.15, 0.2) is 16.8 Å². The number of oxime groups is 1. The molecule has 0 saturated carbocycles. The second kappa shape index (κ2) is 6.09. The lowest BCUT2D eigenvalue weighted by atomic mass is 10.1. The molecule has 0 aromatic heterocycles. The highest BCUT2D eigenvalue weighted by atomic mass is 16.6. The van der Waals surface area contributed by atoms with E-state index in [2.05, 4.69) is 5.16 Å². The van der Waals surface area contributed by atoms with E-state index in [-0.39, 0.29) is 5.71 Å². The SMILES string of the molecule is CCC(=CC(CO)=NO)C(C)[N+](=O)[O-]. The molecule has 80 valence electrons. The van der Waals surface area contributed by atoms with Gasteiger partial charge in [0, 0.05) is 17.4 Å². The molecule has 0 fully saturated rings. The van der Waals surface area contributed by atoms with Crippen LogP contribution in [-0.2, 0) is 0 Å². The van der Waals surface area contributed by atoms with Crippen molar-refractivity contribution in [2.45, 2.75) is 26.3 Å². The maximum Gasteiger partial charge on any atom is 0.231 e. The molecule has 0 aromatic carbocycles. The number of hydrogen-bond acceptors (Lipinski definition) is 5. The highest BCUT2D eigenvalue weighted by Gasteiger charge is 2.17. The van der Waals surface area contributed by atoms with Crippen molar-refractivity contribution in [3.63, 3.8) is 0 Å². The molecule has 0 rings (SSSR count). The van der Waals surface area contributed by atoms with Crippen LogP contribution >= 0.6 is 0 Å². The Morgan fingerprint density at radius 3 is 2.57 bits per heavy atom. The van der Waals surface area contributed by atoms with Gasteiger partial charge in [0.25, 0.3) is 0 Å². The van der Waals surface area contributed by atoms with Gasteiger partial charge in [-0.2, -0.15) is 0 Å². The first kappa shape index (κ1) is 12.6. The number of hydrogen-bond donors (Lipinski definition) is 2. The second-order valence-corrected chi connectivity index (χ2v) is 2.78. The van der Waals surface area contributed by atoms with Gasteiger partial charge in [-0.15, -0.1) is 0 Å². The molecule has 0 heterocycles. The number of nitro groups is 1. The van der Waals surface area contributed by atoms with E-state index in [0.29, 0.717) is 12.0 Å². The van der Waals surface area contributed by atoms with Gasteiger partial charge < -0.3 is 10.3 Å². The Balaban J connectivity index is 4.78. The molecule has 14 heavy (non-hydrogen) atoms. The average molecular weight is 202 g/mol. The van der Waals surface area contributed by atoms with Gasteiger partial charge in [0.2, 0.25) is 6.04 Å². The zero-order valence-electron chi connectivity index (χ0n) is 8.17. The maximum absolute atomic E-state index is 10.5. The lowest BCUT2D eigenvalue weighted by Gasteiger charge is -2.06. The minimum absolute atomic E-state index is 0.0237. The number of aliphatic hydroxyl groups is 1. The third-order valence-corrected chi connectivity index (χ3v) is 1.90. The summed E-state index contributed by atoms with van der Waals surface area (Å²) in [6.45, 7) is 2.77. The summed E-state index contributed by atoms with van der Waals surface area (Å²) in [5.74, 6) is 0. The lowest BCUT2D eigenvalue weighted by molar-refractivity contribution is -0.507. The Bertz CT molecular complexity index is 260. The predicted molar refractivity (Wildman–Crippen MR) is 51.1 cm³/mol. The van der Waals surface area contributed by atoms with Crippen molar-refractivity contribution in [2.75, 3.05) is 6.61 Å². The van der Waals surface area contributed by atoms with Crippen molar-refractivity contribution in [1.29, 1.82) is 0 Å². The van der Waals surface area contributed by atoms with Crippen LogP contribution in [-0.4, -0.2) is 33.6 Å². The normalized spacial score (nSPS) is 15.4. The Morgan fingerprint density at radius 1 is 1.71 bits per heavy atom. The predicted octanol–water partition coefficient (Wildman–Crippen LogP) is 0.810. The van der Waals surface area contributed by atoms with E-state index in [1.165, 1.54) is 13.0 Å². The molecule has 1 unspecified atom stereocenters. The van der Waals surface area contributed by atoms with Crippen LogP contribution in [0.5, 0.6) is 0 Å². The van der Waals surface area contributed by atoms with Crippen molar-refractivity contribution in [3.05, 3.63) is 21.8 Å². The van der Waals surface area contributed by atoms with Crippen molar-refractivity contribution >= 4 is 5.71 Å². The quantitative estimate of drug-likeness (QED) is 0.298. The maximum atomic E-state index is 10.5. The van der Waals surface area contributed by atoms with E-state index in [0.717, 1.165) is 0 Å². The Kier molecular flexibility index (Phi) is 5.47. The Labute approximate surface area is 81.7 Å². The fourth-order valence-electron chi connectivity index (χ4n) is 0.974. The second-order valence-electron chi connectivity index (χ2n) is 2.78. The smallest absolute Gasteiger partial charge is 0.231 e. The average Bonchev–Trinajstić information content (AvgIpc) is 2.19. The van der Waals surface area contributed by atoms with Crippen molar-refractivity contribution < 1.29 is 15.2 Å². The van der Waals surface area contributed by atoms with Crippen LogP contribution in [0.3, 0.4) is 0 Å². The molecule has 0 saturated heterocycles. The topological polar surface area (TPSA) is 96.0 Å². The van der Waals surface area contributed by atoms with Gasteiger partial charge in [0.1, 0.15) is 5.71 Å². The molecule has 0 radical (unpaired) electrons. The molecule has 0 aromatic rings. The fourth-order valence-corrected chi connectivity index (χ4v) is 0.974. The van der Waals surface area contributed by atoms with Gasteiger partial charge in [-0.05, 0) is 12.5 Å². The van der Waals surface area contributed by atoms with Gasteiger partial charge in [-0.1, -0.05) is 12.1 Å². The summed E-state index contributed by atoms with van der Waals surface area (Å²) < 4.78 is 0. The lowest BCUT2D eigenvalue weighted by Crippen LogP contribution is -2.19. The molecule has 0 bridgehead atoms. The summed E-state index contributed by atoms with van der Waals surface area (Å²) in [6.07, 6.45) is 1.81.